The molecule has 43 heavy (non-hydrogen) atoms. The molecule has 228 valence electrons. The van der Waals surface area contributed by atoms with E-state index in [-0.39, 0.29) is 55.1 Å². The zero-order valence-electron chi connectivity index (χ0n) is 25.5. The number of hydrogen-bond donors (Lipinski definition) is 2. The number of rotatable bonds is 10. The Kier molecular flexibility index (Phi) is 10.2. The molecule has 3 aromatic rings. The van der Waals surface area contributed by atoms with Gasteiger partial charge in [0.05, 0.1) is 0 Å². The lowest BCUT2D eigenvalue weighted by molar-refractivity contribution is -0.159. The van der Waals surface area contributed by atoms with Crippen LogP contribution in [-0.4, -0.2) is 70.7 Å². The van der Waals surface area contributed by atoms with E-state index in [1.54, 1.807) is 17.0 Å². The zero-order valence-corrected chi connectivity index (χ0v) is 25.5. The maximum absolute atomic E-state index is 14.2. The monoisotopic (exact) mass is 588 g/mol. The predicted octanol–water partition coefficient (Wildman–Crippen LogP) is 3.86. The molecule has 2 unspecified atom stereocenters. The highest BCUT2D eigenvalue weighted by molar-refractivity contribution is 5.95. The molecule has 0 saturated carbocycles. The van der Waals surface area contributed by atoms with Crippen molar-refractivity contribution < 1.29 is 23.6 Å². The predicted molar refractivity (Wildman–Crippen MR) is 164 cm³/mol. The van der Waals surface area contributed by atoms with Crippen molar-refractivity contribution in [1.82, 2.24) is 20.4 Å². The summed E-state index contributed by atoms with van der Waals surface area (Å²) >= 11 is 0. The molecule has 2 N–H and O–H groups in total. The summed E-state index contributed by atoms with van der Waals surface area (Å²) in [7, 11) is 0. The molecule has 1 fully saturated rings. The first-order valence-corrected chi connectivity index (χ1v) is 14.8. The van der Waals surface area contributed by atoms with E-state index in [0.717, 1.165) is 16.3 Å². The number of carbonyl (C=O) groups excluding carboxylic acids is 4. The minimum absolute atomic E-state index is 0.115. The summed E-state index contributed by atoms with van der Waals surface area (Å²) in [6.45, 7) is 9.20. The third-order valence-corrected chi connectivity index (χ3v) is 7.75. The highest BCUT2D eigenvalue weighted by atomic mass is 19.1. The molecule has 0 radical (unpaired) electrons. The highest BCUT2D eigenvalue weighted by Crippen LogP contribution is 2.25. The van der Waals surface area contributed by atoms with Crippen LogP contribution in [0.25, 0.3) is 10.8 Å². The van der Waals surface area contributed by atoms with Crippen molar-refractivity contribution in [3.8, 4) is 0 Å². The van der Waals surface area contributed by atoms with Crippen LogP contribution in [0.2, 0.25) is 0 Å². The van der Waals surface area contributed by atoms with Gasteiger partial charge in [-0.3, -0.25) is 19.2 Å². The van der Waals surface area contributed by atoms with Gasteiger partial charge < -0.3 is 20.4 Å². The van der Waals surface area contributed by atoms with Crippen LogP contribution >= 0.6 is 0 Å². The van der Waals surface area contributed by atoms with Gasteiger partial charge >= 0.3 is 0 Å². The number of benzene rings is 3. The molecule has 9 heteroatoms. The molecule has 8 nitrogen and oxygen atoms in total. The Morgan fingerprint density at radius 2 is 1.51 bits per heavy atom. The Labute approximate surface area is 252 Å². The topological polar surface area (TPSA) is 98.8 Å². The lowest BCUT2D eigenvalue weighted by atomic mass is 9.93. The van der Waals surface area contributed by atoms with E-state index in [1.165, 1.54) is 24.0 Å². The second-order valence-corrected chi connectivity index (χ2v) is 11.9. The van der Waals surface area contributed by atoms with Gasteiger partial charge in [-0.15, -0.1) is 0 Å². The fourth-order valence-corrected chi connectivity index (χ4v) is 5.79. The lowest BCUT2D eigenvalue weighted by Gasteiger charge is -2.45. The second-order valence-electron chi connectivity index (χ2n) is 11.9. The molecule has 3 atom stereocenters. The van der Waals surface area contributed by atoms with E-state index in [4.69, 9.17) is 0 Å². The van der Waals surface area contributed by atoms with Gasteiger partial charge in [-0.05, 0) is 53.8 Å². The maximum atomic E-state index is 14.2. The number of carbonyl (C=O) groups is 4. The molecule has 4 rings (SSSR count). The minimum Gasteiger partial charge on any atom is -0.352 e. The molecule has 3 aromatic carbocycles. The van der Waals surface area contributed by atoms with Crippen molar-refractivity contribution in [3.05, 3.63) is 83.7 Å². The molecule has 1 saturated heterocycles. The summed E-state index contributed by atoms with van der Waals surface area (Å²) in [6, 6.07) is 17.2. The Bertz CT molecular complexity index is 1470. The van der Waals surface area contributed by atoms with Gasteiger partial charge in [0.15, 0.2) is 0 Å². The van der Waals surface area contributed by atoms with E-state index in [2.05, 4.69) is 10.6 Å². The van der Waals surface area contributed by atoms with Crippen LogP contribution in [0.15, 0.2) is 66.7 Å². The van der Waals surface area contributed by atoms with Gasteiger partial charge in [-0.25, -0.2) is 4.39 Å². The van der Waals surface area contributed by atoms with Crippen molar-refractivity contribution in [1.29, 1.82) is 0 Å². The highest BCUT2D eigenvalue weighted by Gasteiger charge is 2.44. The van der Waals surface area contributed by atoms with Crippen LogP contribution < -0.4 is 10.6 Å². The normalized spacial score (nSPS) is 16.8. The first-order chi connectivity index (χ1) is 20.4. The summed E-state index contributed by atoms with van der Waals surface area (Å²) < 4.78 is 13.5. The van der Waals surface area contributed by atoms with E-state index < -0.39 is 23.9 Å². The van der Waals surface area contributed by atoms with Gasteiger partial charge in [-0.1, -0.05) is 68.4 Å². The number of nitrogens with zero attached hydrogens (tertiary/aromatic N) is 2. The van der Waals surface area contributed by atoms with Gasteiger partial charge in [0.2, 0.25) is 23.6 Å². The van der Waals surface area contributed by atoms with E-state index >= 15 is 0 Å². The van der Waals surface area contributed by atoms with Crippen LogP contribution in [0.5, 0.6) is 0 Å². The fraction of sp³-hybridized carbons (Fsp3) is 0.412. The molecule has 0 aromatic heterocycles. The number of nitrogens with one attached hydrogen (secondary N) is 2. The zero-order chi connectivity index (χ0) is 31.3. The molecule has 0 bridgehead atoms. The Hall–Kier alpha value is -4.27. The summed E-state index contributed by atoms with van der Waals surface area (Å²) in [6.07, 6.45) is 0.478. The largest absolute Gasteiger partial charge is 0.352 e. The van der Waals surface area contributed by atoms with Crippen molar-refractivity contribution in [3.63, 3.8) is 0 Å². The number of amides is 4. The average molecular weight is 589 g/mol. The molecule has 4 amide bonds. The van der Waals surface area contributed by atoms with Gasteiger partial charge in [0.1, 0.15) is 23.9 Å². The van der Waals surface area contributed by atoms with Crippen molar-refractivity contribution in [2.75, 3.05) is 13.1 Å². The van der Waals surface area contributed by atoms with Crippen molar-refractivity contribution in [2.24, 2.45) is 5.92 Å². The van der Waals surface area contributed by atoms with Crippen LogP contribution in [0, 0.1) is 11.7 Å². The molecule has 0 spiro atoms. The molecule has 1 aliphatic rings. The summed E-state index contributed by atoms with van der Waals surface area (Å²) in [5.74, 6) is -1.96. The first-order valence-electron chi connectivity index (χ1n) is 14.8. The summed E-state index contributed by atoms with van der Waals surface area (Å²) in [5, 5.41) is 7.84. The number of fused-ring (bicyclic) bond motifs is 1. The SMILES string of the molecule is CC(=O)NC(Cc1ccc(F)cc1)C(=O)N1CCN(C(Cc2ccc3ccccc3c2)C(=O)NC(C)C)C(=O)[C@H]1C(C)C. The molecule has 1 aliphatic heterocycles. The quantitative estimate of drug-likeness (QED) is 0.376. The van der Waals surface area contributed by atoms with Gasteiger partial charge in [0, 0.05) is 38.9 Å². The number of hydrogen-bond acceptors (Lipinski definition) is 4. The fourth-order valence-electron chi connectivity index (χ4n) is 5.79. The van der Waals surface area contributed by atoms with Gasteiger partial charge in [0.25, 0.3) is 0 Å². The smallest absolute Gasteiger partial charge is 0.246 e. The van der Waals surface area contributed by atoms with E-state index in [0.29, 0.717) is 12.0 Å². The Morgan fingerprint density at radius 1 is 0.860 bits per heavy atom. The van der Waals surface area contributed by atoms with E-state index in [9.17, 15) is 23.6 Å². The number of piperazine rings is 1. The number of halogens is 1. The van der Waals surface area contributed by atoms with Crippen LogP contribution in [0.3, 0.4) is 0 Å². The Morgan fingerprint density at radius 3 is 2.14 bits per heavy atom. The van der Waals surface area contributed by atoms with Crippen LogP contribution in [-0.2, 0) is 32.0 Å². The van der Waals surface area contributed by atoms with Crippen molar-refractivity contribution >= 4 is 34.4 Å². The third kappa shape index (κ3) is 7.77. The first kappa shape index (κ1) is 31.7. The van der Waals surface area contributed by atoms with Gasteiger partial charge in [-0.2, -0.15) is 0 Å². The summed E-state index contributed by atoms with van der Waals surface area (Å²) in [4.78, 5) is 56.9. The standard InChI is InChI=1S/C34H41FN4O4/c1-21(2)31-34(43)38(16-17-39(31)33(42)29(37-23(5)40)19-24-11-14-28(35)15-12-24)30(32(41)36-22(3)4)20-25-10-13-26-8-6-7-9-27(26)18-25/h6-15,18,21-22,29-31H,16-17,19-20H2,1-5H3,(H,36,41)(H,37,40)/t29?,30?,31-/m1/s1. The second kappa shape index (κ2) is 13.8. The average Bonchev–Trinajstić information content (AvgIpc) is 2.95. The minimum atomic E-state index is -0.929. The van der Waals surface area contributed by atoms with E-state index in [1.807, 2.05) is 70.2 Å². The summed E-state index contributed by atoms with van der Waals surface area (Å²) in [5.41, 5.74) is 1.61. The van der Waals surface area contributed by atoms with Crippen LogP contribution in [0.1, 0.15) is 45.7 Å². The molecule has 0 aliphatic carbocycles. The maximum Gasteiger partial charge on any atom is 0.246 e. The van der Waals surface area contributed by atoms with Crippen LogP contribution in [0.4, 0.5) is 4.39 Å². The third-order valence-electron chi connectivity index (χ3n) is 7.75. The molecular formula is C34H41FN4O4. The van der Waals surface area contributed by atoms with Crippen molar-refractivity contribution in [2.45, 2.75) is 71.6 Å². The molecule has 1 heterocycles. The Balaban J connectivity index is 1.61. The molecular weight excluding hydrogens is 547 g/mol. The lowest BCUT2D eigenvalue weighted by Crippen LogP contribution is -2.67.